The molecular formula is C7H10N2O3S2. The molecule has 0 saturated carbocycles. The van der Waals surface area contributed by atoms with Crippen molar-refractivity contribution in [1.29, 1.82) is 0 Å². The highest BCUT2D eigenvalue weighted by Gasteiger charge is 2.11. The molecule has 1 aromatic rings. The Morgan fingerprint density at radius 3 is 2.86 bits per heavy atom. The zero-order valence-electron chi connectivity index (χ0n) is 7.26. The fourth-order valence-electron chi connectivity index (χ4n) is 0.833. The molecule has 0 saturated heterocycles. The summed E-state index contributed by atoms with van der Waals surface area (Å²) in [5.74, 6) is 0.194. The quantitative estimate of drug-likeness (QED) is 0.700. The summed E-state index contributed by atoms with van der Waals surface area (Å²) >= 11 is 4.49. The van der Waals surface area contributed by atoms with E-state index >= 15 is 0 Å². The number of nitrogens with one attached hydrogen (secondary N) is 1. The Balaban J connectivity index is 2.49. The van der Waals surface area contributed by atoms with Gasteiger partial charge in [0.25, 0.3) is 0 Å². The smallest absolute Gasteiger partial charge is 0.218 e. The molecule has 78 valence electrons. The lowest BCUT2D eigenvalue weighted by Gasteiger charge is -2.03. The van der Waals surface area contributed by atoms with Gasteiger partial charge in [-0.1, -0.05) is 12.2 Å². The molecule has 5 nitrogen and oxygen atoms in total. The van der Waals surface area contributed by atoms with E-state index < -0.39 is 10.0 Å². The topological polar surface area (TPSA) is 85.3 Å². The van der Waals surface area contributed by atoms with Crippen molar-refractivity contribution in [3.8, 4) is 0 Å². The van der Waals surface area contributed by atoms with Gasteiger partial charge in [-0.15, -0.1) is 0 Å². The molecule has 0 spiro atoms. The van der Waals surface area contributed by atoms with Gasteiger partial charge in [0.2, 0.25) is 10.0 Å². The number of sulfonamides is 1. The lowest BCUT2D eigenvalue weighted by molar-refractivity contribution is 0.499. The third-order valence-electron chi connectivity index (χ3n) is 1.38. The van der Waals surface area contributed by atoms with Crippen molar-refractivity contribution in [2.24, 2.45) is 5.73 Å². The second kappa shape index (κ2) is 4.54. The van der Waals surface area contributed by atoms with Crippen LogP contribution in [0.1, 0.15) is 5.76 Å². The zero-order valence-corrected chi connectivity index (χ0v) is 8.90. The molecular weight excluding hydrogens is 224 g/mol. The number of furan rings is 1. The summed E-state index contributed by atoms with van der Waals surface area (Å²) in [6, 6.07) is 3.35. The Morgan fingerprint density at radius 1 is 1.64 bits per heavy atom. The van der Waals surface area contributed by atoms with Crippen LogP contribution in [0.4, 0.5) is 0 Å². The van der Waals surface area contributed by atoms with Crippen molar-refractivity contribution in [1.82, 2.24) is 4.72 Å². The number of rotatable bonds is 5. The molecule has 0 atom stereocenters. The third-order valence-corrected chi connectivity index (χ3v) is 2.98. The molecule has 0 unspecified atom stereocenters. The van der Waals surface area contributed by atoms with Crippen molar-refractivity contribution < 1.29 is 12.8 Å². The van der Waals surface area contributed by atoms with E-state index in [1.807, 2.05) is 0 Å². The number of hydrogen-bond donors (Lipinski definition) is 2. The van der Waals surface area contributed by atoms with E-state index in [1.54, 1.807) is 12.1 Å². The van der Waals surface area contributed by atoms with Crippen LogP contribution in [0.25, 0.3) is 0 Å². The highest BCUT2D eigenvalue weighted by atomic mass is 32.2. The van der Waals surface area contributed by atoms with Gasteiger partial charge >= 0.3 is 0 Å². The molecule has 14 heavy (non-hydrogen) atoms. The molecule has 0 amide bonds. The van der Waals surface area contributed by atoms with E-state index in [9.17, 15) is 8.42 Å². The second-order valence-corrected chi connectivity index (χ2v) is 4.96. The molecule has 1 heterocycles. The maximum atomic E-state index is 11.2. The summed E-state index contributed by atoms with van der Waals surface area (Å²) in [4.78, 5) is -0.0584. The van der Waals surface area contributed by atoms with Crippen molar-refractivity contribution >= 4 is 27.2 Å². The summed E-state index contributed by atoms with van der Waals surface area (Å²) in [5.41, 5.74) is 5.12. The minimum absolute atomic E-state index is 0.0584. The van der Waals surface area contributed by atoms with Crippen LogP contribution in [-0.4, -0.2) is 19.2 Å². The average molecular weight is 234 g/mol. The Hall–Kier alpha value is -0.920. The zero-order chi connectivity index (χ0) is 10.6. The van der Waals surface area contributed by atoms with Gasteiger partial charge < -0.3 is 10.2 Å². The summed E-state index contributed by atoms with van der Waals surface area (Å²) in [6.45, 7) is 0.109. The van der Waals surface area contributed by atoms with Gasteiger partial charge in [-0.25, -0.2) is 13.1 Å². The maximum absolute atomic E-state index is 11.2. The fourth-order valence-corrected chi connectivity index (χ4v) is 2.14. The molecule has 1 aromatic heterocycles. The van der Waals surface area contributed by atoms with Crippen molar-refractivity contribution in [2.45, 2.75) is 6.54 Å². The molecule has 3 N–H and O–H groups in total. The standard InChI is InChI=1S/C7H10N2O3S2/c8-7(13)5-14(10,11)9-4-6-2-1-3-12-6/h1-3,9H,4-5H2,(H2,8,13). The van der Waals surface area contributed by atoms with Gasteiger partial charge in [0.15, 0.2) is 0 Å². The summed E-state index contributed by atoms with van der Waals surface area (Å²) in [5, 5.41) is 0. The molecule has 1 rings (SSSR count). The van der Waals surface area contributed by atoms with Gasteiger partial charge in [0.1, 0.15) is 11.5 Å². The first-order valence-electron chi connectivity index (χ1n) is 3.77. The van der Waals surface area contributed by atoms with Gasteiger partial charge in [0, 0.05) is 0 Å². The molecule has 0 fully saturated rings. The van der Waals surface area contributed by atoms with Crippen LogP contribution in [0.2, 0.25) is 0 Å². The van der Waals surface area contributed by atoms with E-state index in [4.69, 9.17) is 10.2 Å². The van der Waals surface area contributed by atoms with Crippen LogP contribution in [0.3, 0.4) is 0 Å². The predicted octanol–water partition coefficient (Wildman–Crippen LogP) is -0.0149. The van der Waals surface area contributed by atoms with Gasteiger partial charge in [-0.3, -0.25) is 0 Å². The SMILES string of the molecule is NC(=S)CS(=O)(=O)NCc1ccco1. The summed E-state index contributed by atoms with van der Waals surface area (Å²) in [7, 11) is -3.43. The number of nitrogens with two attached hydrogens (primary N) is 1. The largest absolute Gasteiger partial charge is 0.468 e. The van der Waals surface area contributed by atoms with Gasteiger partial charge in [-0.05, 0) is 12.1 Å². The van der Waals surface area contributed by atoms with Crippen molar-refractivity contribution in [3.63, 3.8) is 0 Å². The first-order chi connectivity index (χ1) is 6.49. The van der Waals surface area contributed by atoms with Gasteiger partial charge in [0.05, 0.1) is 17.8 Å². The Morgan fingerprint density at radius 2 is 2.36 bits per heavy atom. The average Bonchev–Trinajstić information content (AvgIpc) is 2.50. The molecule has 0 aliphatic rings. The highest BCUT2D eigenvalue weighted by molar-refractivity contribution is 7.92. The lowest BCUT2D eigenvalue weighted by atomic mass is 10.5. The summed E-state index contributed by atoms with van der Waals surface area (Å²) in [6.07, 6.45) is 1.47. The number of hydrogen-bond acceptors (Lipinski definition) is 4. The van der Waals surface area contributed by atoms with Crippen molar-refractivity contribution in [2.75, 3.05) is 5.75 Å². The van der Waals surface area contributed by atoms with Crippen LogP contribution in [0.15, 0.2) is 22.8 Å². The Kier molecular flexibility index (Phi) is 3.62. The van der Waals surface area contributed by atoms with Crippen LogP contribution >= 0.6 is 12.2 Å². The Labute approximate surface area is 87.3 Å². The monoisotopic (exact) mass is 234 g/mol. The van der Waals surface area contributed by atoms with Gasteiger partial charge in [-0.2, -0.15) is 0 Å². The maximum Gasteiger partial charge on any atom is 0.218 e. The highest BCUT2D eigenvalue weighted by Crippen LogP contribution is 1.99. The first-order valence-corrected chi connectivity index (χ1v) is 5.84. The van der Waals surface area contributed by atoms with Crippen LogP contribution in [0.5, 0.6) is 0 Å². The predicted molar refractivity (Wildman–Crippen MR) is 56.1 cm³/mol. The number of thiocarbonyl (C=S) groups is 1. The van der Waals surface area contributed by atoms with E-state index in [-0.39, 0.29) is 17.3 Å². The van der Waals surface area contributed by atoms with Crippen LogP contribution < -0.4 is 10.5 Å². The molecule has 0 aliphatic carbocycles. The van der Waals surface area contributed by atoms with E-state index in [2.05, 4.69) is 16.9 Å². The molecule has 0 radical (unpaired) electrons. The van der Waals surface area contributed by atoms with E-state index in [0.717, 1.165) is 0 Å². The van der Waals surface area contributed by atoms with E-state index in [1.165, 1.54) is 6.26 Å². The third kappa shape index (κ3) is 3.86. The first kappa shape index (κ1) is 11.2. The van der Waals surface area contributed by atoms with Crippen molar-refractivity contribution in [3.05, 3.63) is 24.2 Å². The minimum atomic E-state index is -3.43. The normalized spacial score (nSPS) is 11.4. The van der Waals surface area contributed by atoms with E-state index in [0.29, 0.717) is 5.76 Å². The molecule has 7 heteroatoms. The second-order valence-electron chi connectivity index (χ2n) is 2.63. The Bertz CT molecular complexity index is 397. The molecule has 0 aromatic carbocycles. The fraction of sp³-hybridized carbons (Fsp3) is 0.286. The summed E-state index contributed by atoms with van der Waals surface area (Å²) < 4.78 is 29.7. The minimum Gasteiger partial charge on any atom is -0.468 e. The van der Waals surface area contributed by atoms with Crippen LogP contribution in [0, 0.1) is 0 Å². The van der Waals surface area contributed by atoms with Crippen LogP contribution in [-0.2, 0) is 16.6 Å². The lowest BCUT2D eigenvalue weighted by Crippen LogP contribution is -2.31. The molecule has 0 aliphatic heterocycles. The molecule has 0 bridgehead atoms.